The molecule has 2 rings (SSSR count). The van der Waals surface area contributed by atoms with Crippen LogP contribution in [0.4, 0.5) is 0 Å². The molecular weight excluding hydrogens is 230 g/mol. The van der Waals surface area contributed by atoms with Gasteiger partial charge in [0.15, 0.2) is 0 Å². The smallest absolute Gasteiger partial charge is 0.337 e. The summed E-state index contributed by atoms with van der Waals surface area (Å²) in [5.74, 6) is -0.387. The maximum absolute atomic E-state index is 11.2. The Labute approximate surface area is 105 Å². The van der Waals surface area contributed by atoms with Crippen LogP contribution in [0.25, 0.3) is 11.3 Å². The van der Waals surface area contributed by atoms with Gasteiger partial charge in [0.05, 0.1) is 18.4 Å². The van der Waals surface area contributed by atoms with E-state index in [1.54, 1.807) is 31.4 Å². The zero-order valence-corrected chi connectivity index (χ0v) is 10.2. The minimum Gasteiger partial charge on any atom is -0.496 e. The molecule has 18 heavy (non-hydrogen) atoms. The van der Waals surface area contributed by atoms with Crippen LogP contribution in [0.5, 0.6) is 5.75 Å². The molecule has 0 fully saturated rings. The number of carboxylic acid groups (broad SMARTS) is 1. The Kier molecular flexibility index (Phi) is 3.28. The van der Waals surface area contributed by atoms with E-state index in [0.29, 0.717) is 17.0 Å². The largest absolute Gasteiger partial charge is 0.496 e. The van der Waals surface area contributed by atoms with Crippen molar-refractivity contribution >= 4 is 5.97 Å². The van der Waals surface area contributed by atoms with Gasteiger partial charge in [0.25, 0.3) is 0 Å². The van der Waals surface area contributed by atoms with Gasteiger partial charge in [-0.15, -0.1) is 0 Å². The number of hydrogen-bond acceptors (Lipinski definition) is 3. The number of carboxylic acids is 1. The van der Waals surface area contributed by atoms with Crippen molar-refractivity contribution in [3.8, 4) is 17.0 Å². The van der Waals surface area contributed by atoms with E-state index in [1.807, 2.05) is 19.1 Å². The fraction of sp³-hybridized carbons (Fsp3) is 0.143. The summed E-state index contributed by atoms with van der Waals surface area (Å²) < 4.78 is 5.24. The van der Waals surface area contributed by atoms with Crippen molar-refractivity contribution < 1.29 is 14.6 Å². The van der Waals surface area contributed by atoms with Crippen LogP contribution in [-0.4, -0.2) is 23.2 Å². The number of methoxy groups -OCH3 is 1. The molecule has 4 nitrogen and oxygen atoms in total. The second-order valence-electron chi connectivity index (χ2n) is 3.85. The van der Waals surface area contributed by atoms with Gasteiger partial charge in [-0.25, -0.2) is 4.79 Å². The summed E-state index contributed by atoms with van der Waals surface area (Å²) in [6.07, 6.45) is 0. The molecule has 0 aliphatic heterocycles. The Morgan fingerprint density at radius 3 is 2.61 bits per heavy atom. The van der Waals surface area contributed by atoms with E-state index in [2.05, 4.69) is 4.98 Å². The lowest BCUT2D eigenvalue weighted by Crippen LogP contribution is -2.03. The average molecular weight is 243 g/mol. The highest BCUT2D eigenvalue weighted by atomic mass is 16.5. The molecule has 0 aliphatic rings. The van der Waals surface area contributed by atoms with Gasteiger partial charge in [-0.3, -0.25) is 4.98 Å². The summed E-state index contributed by atoms with van der Waals surface area (Å²) in [5, 5.41) is 9.20. The molecule has 0 aliphatic carbocycles. The summed E-state index contributed by atoms with van der Waals surface area (Å²) in [6, 6.07) is 10.5. The predicted molar refractivity (Wildman–Crippen MR) is 67.9 cm³/mol. The van der Waals surface area contributed by atoms with Crippen molar-refractivity contribution in [2.75, 3.05) is 7.11 Å². The molecule has 4 heteroatoms. The van der Waals surface area contributed by atoms with Crippen LogP contribution in [0.1, 0.15) is 16.1 Å². The minimum atomic E-state index is -0.997. The number of pyridine rings is 1. The minimum absolute atomic E-state index is 0.171. The Balaban J connectivity index is 2.69. The summed E-state index contributed by atoms with van der Waals surface area (Å²) in [6.45, 7) is 1.82. The van der Waals surface area contributed by atoms with E-state index in [4.69, 9.17) is 4.74 Å². The molecular formula is C14H13NO3. The van der Waals surface area contributed by atoms with E-state index in [1.165, 1.54) is 0 Å². The van der Waals surface area contributed by atoms with Crippen LogP contribution in [0, 0.1) is 6.92 Å². The molecule has 0 unspecified atom stereocenters. The lowest BCUT2D eigenvalue weighted by molar-refractivity contribution is 0.0697. The molecule has 0 saturated carbocycles. The van der Waals surface area contributed by atoms with Crippen molar-refractivity contribution in [2.24, 2.45) is 0 Å². The van der Waals surface area contributed by atoms with Crippen LogP contribution in [0.2, 0.25) is 0 Å². The van der Waals surface area contributed by atoms with Crippen molar-refractivity contribution in [3.63, 3.8) is 0 Å². The lowest BCUT2D eigenvalue weighted by Gasteiger charge is -2.10. The number of nitrogens with zero attached hydrogens (tertiary/aromatic N) is 1. The Hall–Kier alpha value is -2.36. The number of rotatable bonds is 3. The maximum Gasteiger partial charge on any atom is 0.337 e. The zero-order chi connectivity index (χ0) is 13.1. The van der Waals surface area contributed by atoms with E-state index in [-0.39, 0.29) is 5.56 Å². The third-order valence-corrected chi connectivity index (χ3v) is 2.63. The van der Waals surface area contributed by atoms with Gasteiger partial charge in [-0.1, -0.05) is 12.1 Å². The second kappa shape index (κ2) is 4.87. The molecule has 92 valence electrons. The fourth-order valence-electron chi connectivity index (χ4n) is 1.77. The standard InChI is InChI=1S/C14H13NO3/c1-9-7-8-11(14(16)17)13(15-9)10-5-3-4-6-12(10)18-2/h3-8H,1-2H3,(H,16,17). The van der Waals surface area contributed by atoms with Crippen molar-refractivity contribution in [2.45, 2.75) is 6.92 Å². The first-order chi connectivity index (χ1) is 8.63. The topological polar surface area (TPSA) is 59.4 Å². The van der Waals surface area contributed by atoms with E-state index in [0.717, 1.165) is 5.69 Å². The Bertz CT molecular complexity index is 593. The van der Waals surface area contributed by atoms with Crippen LogP contribution >= 0.6 is 0 Å². The number of benzene rings is 1. The van der Waals surface area contributed by atoms with E-state index < -0.39 is 5.97 Å². The van der Waals surface area contributed by atoms with Gasteiger partial charge in [0.2, 0.25) is 0 Å². The van der Waals surface area contributed by atoms with Crippen LogP contribution in [0.15, 0.2) is 36.4 Å². The van der Waals surface area contributed by atoms with E-state index >= 15 is 0 Å². The molecule has 0 bridgehead atoms. The molecule has 1 aromatic heterocycles. The summed E-state index contributed by atoms with van der Waals surface area (Å²) in [4.78, 5) is 15.5. The number of hydrogen-bond donors (Lipinski definition) is 1. The molecule has 1 heterocycles. The highest BCUT2D eigenvalue weighted by Crippen LogP contribution is 2.30. The first-order valence-electron chi connectivity index (χ1n) is 5.48. The Morgan fingerprint density at radius 1 is 1.22 bits per heavy atom. The number of carbonyl (C=O) groups is 1. The highest BCUT2D eigenvalue weighted by molar-refractivity contribution is 5.95. The van der Waals surface area contributed by atoms with Crippen molar-refractivity contribution in [3.05, 3.63) is 47.7 Å². The summed E-state index contributed by atoms with van der Waals surface area (Å²) in [7, 11) is 1.55. The monoisotopic (exact) mass is 243 g/mol. The number of ether oxygens (including phenoxy) is 1. The molecule has 1 N–H and O–H groups in total. The van der Waals surface area contributed by atoms with E-state index in [9.17, 15) is 9.90 Å². The number of aromatic carboxylic acids is 1. The quantitative estimate of drug-likeness (QED) is 0.900. The first-order valence-corrected chi connectivity index (χ1v) is 5.48. The molecule has 0 saturated heterocycles. The highest BCUT2D eigenvalue weighted by Gasteiger charge is 2.16. The number of para-hydroxylation sites is 1. The van der Waals surface area contributed by atoms with Gasteiger partial charge >= 0.3 is 5.97 Å². The summed E-state index contributed by atoms with van der Waals surface area (Å²) >= 11 is 0. The third kappa shape index (κ3) is 2.18. The average Bonchev–Trinajstić information content (AvgIpc) is 2.38. The van der Waals surface area contributed by atoms with Gasteiger partial charge in [-0.05, 0) is 31.2 Å². The first kappa shape index (κ1) is 12.1. The molecule has 1 aromatic carbocycles. The number of aryl methyl sites for hydroxylation is 1. The predicted octanol–water partition coefficient (Wildman–Crippen LogP) is 2.76. The second-order valence-corrected chi connectivity index (χ2v) is 3.85. The van der Waals surface area contributed by atoms with Crippen molar-refractivity contribution in [1.82, 2.24) is 4.98 Å². The molecule has 0 spiro atoms. The van der Waals surface area contributed by atoms with Gasteiger partial charge < -0.3 is 9.84 Å². The van der Waals surface area contributed by atoms with Crippen LogP contribution < -0.4 is 4.74 Å². The molecule has 0 radical (unpaired) electrons. The Morgan fingerprint density at radius 2 is 1.94 bits per heavy atom. The molecule has 0 amide bonds. The SMILES string of the molecule is COc1ccccc1-c1nc(C)ccc1C(=O)O. The van der Waals surface area contributed by atoms with Gasteiger partial charge in [-0.2, -0.15) is 0 Å². The summed E-state index contributed by atoms with van der Waals surface area (Å²) in [5.41, 5.74) is 2.05. The normalized spacial score (nSPS) is 10.1. The van der Waals surface area contributed by atoms with Crippen LogP contribution in [-0.2, 0) is 0 Å². The zero-order valence-electron chi connectivity index (χ0n) is 10.2. The fourth-order valence-corrected chi connectivity index (χ4v) is 1.77. The van der Waals surface area contributed by atoms with Crippen molar-refractivity contribution in [1.29, 1.82) is 0 Å². The number of aromatic nitrogens is 1. The van der Waals surface area contributed by atoms with Crippen LogP contribution in [0.3, 0.4) is 0 Å². The maximum atomic E-state index is 11.2. The molecule has 2 aromatic rings. The third-order valence-electron chi connectivity index (χ3n) is 2.63. The van der Waals surface area contributed by atoms with Gasteiger partial charge in [0, 0.05) is 11.3 Å². The molecule has 0 atom stereocenters. The van der Waals surface area contributed by atoms with Gasteiger partial charge in [0.1, 0.15) is 5.75 Å². The lowest BCUT2D eigenvalue weighted by atomic mass is 10.0.